The Hall–Kier alpha value is 1.12. The molecule has 3 nitrogen and oxygen atoms in total. The lowest BCUT2D eigenvalue weighted by Crippen LogP contribution is -2.18. The molecule has 2 saturated carbocycles. The highest BCUT2D eigenvalue weighted by Crippen LogP contribution is 2.31. The summed E-state index contributed by atoms with van der Waals surface area (Å²) in [5.41, 5.74) is 0. The van der Waals surface area contributed by atoms with Crippen LogP contribution in [0.15, 0.2) is 0 Å². The number of hydrogen-bond donors (Lipinski definition) is 0. The van der Waals surface area contributed by atoms with E-state index in [9.17, 15) is 4.21 Å². The van der Waals surface area contributed by atoms with Crippen molar-refractivity contribution in [2.45, 2.75) is 100 Å². The van der Waals surface area contributed by atoms with E-state index in [0.717, 1.165) is 36.0 Å². The molecule has 0 bridgehead atoms. The Morgan fingerprint density at radius 2 is 1.36 bits per heavy atom. The van der Waals surface area contributed by atoms with E-state index in [1.165, 1.54) is 82.7 Å². The van der Waals surface area contributed by atoms with Crippen LogP contribution in [0, 0.1) is 0 Å². The van der Waals surface area contributed by atoms with Gasteiger partial charge in [0.2, 0.25) is 0 Å². The lowest BCUT2D eigenvalue weighted by atomic mass is 10.0. The molecule has 2 rings (SSSR count). The second-order valence-electron chi connectivity index (χ2n) is 7.07. The first kappa shape index (κ1) is 22.4. The summed E-state index contributed by atoms with van der Waals surface area (Å²) in [5.74, 6) is 2.05. The summed E-state index contributed by atoms with van der Waals surface area (Å²) in [7, 11) is 0. The zero-order chi connectivity index (χ0) is 17.6. The summed E-state index contributed by atoms with van der Waals surface area (Å²) in [6.07, 6.45) is 17.5. The van der Waals surface area contributed by atoms with Gasteiger partial charge in [-0.05, 0) is 38.5 Å². The molecule has 0 aromatic carbocycles. The van der Waals surface area contributed by atoms with Crippen molar-refractivity contribution in [3.05, 3.63) is 0 Å². The van der Waals surface area contributed by atoms with Crippen LogP contribution in [0.1, 0.15) is 89.9 Å². The molecule has 0 aromatic heterocycles. The highest BCUT2D eigenvalue weighted by Gasteiger charge is 2.20. The molecule has 1 unspecified atom stereocenters. The predicted octanol–water partition coefficient (Wildman–Crippen LogP) is 6.85. The molecule has 1 atom stereocenters. The number of hydrogen-bond acceptors (Lipinski definition) is 6. The minimum absolute atomic E-state index is 0.282. The summed E-state index contributed by atoms with van der Waals surface area (Å²) in [4.78, 5) is 0. The van der Waals surface area contributed by atoms with Crippen molar-refractivity contribution in [3.8, 4) is 0 Å². The largest absolute Gasteiger partial charge is 0.247 e. The molecule has 0 heterocycles. The van der Waals surface area contributed by atoms with Crippen LogP contribution >= 0.6 is 36.1 Å². The summed E-state index contributed by atoms with van der Waals surface area (Å²) in [5, 5.41) is 1.02. The SMILES string of the molecule is O=S(OSCCCCCCSOSC1CCCCC1)C1CCCCC1. The molecular weight excluding hydrogens is 392 g/mol. The highest BCUT2D eigenvalue weighted by atomic mass is 32.3. The molecule has 0 saturated heterocycles. The van der Waals surface area contributed by atoms with Gasteiger partial charge in [0.15, 0.2) is 11.1 Å². The monoisotopic (exact) mass is 426 g/mol. The Morgan fingerprint density at radius 3 is 2.04 bits per heavy atom. The smallest absolute Gasteiger partial charge is 0.170 e. The first-order valence-electron chi connectivity index (χ1n) is 10.0. The van der Waals surface area contributed by atoms with Gasteiger partial charge < -0.3 is 0 Å². The molecule has 0 N–H and O–H groups in total. The molecular formula is C18H34O3S4. The lowest BCUT2D eigenvalue weighted by Gasteiger charge is -2.19. The number of unbranched alkanes of at least 4 members (excludes halogenated alkanes) is 3. The minimum Gasteiger partial charge on any atom is -0.247 e. The topological polar surface area (TPSA) is 35.5 Å². The third-order valence-corrected chi connectivity index (χ3v) is 9.21. The second-order valence-corrected chi connectivity index (χ2v) is 11.5. The van der Waals surface area contributed by atoms with E-state index in [0.29, 0.717) is 0 Å². The van der Waals surface area contributed by atoms with Crippen LogP contribution in [0.2, 0.25) is 0 Å². The van der Waals surface area contributed by atoms with Crippen molar-refractivity contribution >= 4 is 47.2 Å². The van der Waals surface area contributed by atoms with Crippen LogP contribution in [-0.2, 0) is 18.3 Å². The first-order valence-corrected chi connectivity index (χ1v) is 13.8. The molecule has 2 fully saturated rings. The molecule has 148 valence electrons. The molecule has 0 aliphatic heterocycles. The van der Waals surface area contributed by atoms with E-state index in [2.05, 4.69) is 0 Å². The maximum atomic E-state index is 12.0. The predicted molar refractivity (Wildman–Crippen MR) is 115 cm³/mol. The van der Waals surface area contributed by atoms with E-state index in [4.69, 9.17) is 7.26 Å². The maximum Gasteiger partial charge on any atom is 0.170 e. The van der Waals surface area contributed by atoms with Crippen LogP contribution in [-0.4, -0.2) is 26.2 Å². The standard InChI is InChI=1S/C18H34O3S4/c19-25(18-13-7-4-8-14-18)21-23-16-10-2-1-9-15-22-20-24-17-11-5-3-6-12-17/h17-18H,1-16H2. The van der Waals surface area contributed by atoms with Gasteiger partial charge in [0, 0.05) is 52.9 Å². The Morgan fingerprint density at radius 1 is 0.760 bits per heavy atom. The van der Waals surface area contributed by atoms with E-state index in [-0.39, 0.29) is 5.25 Å². The summed E-state index contributed by atoms with van der Waals surface area (Å²) >= 11 is 3.66. The Balaban J connectivity index is 1.30. The molecule has 0 aromatic rings. The zero-order valence-corrected chi connectivity index (χ0v) is 18.6. The molecule has 7 heteroatoms. The third-order valence-electron chi connectivity index (χ3n) is 4.92. The van der Waals surface area contributed by atoms with E-state index in [1.807, 2.05) is 0 Å². The fraction of sp³-hybridized carbons (Fsp3) is 1.00. The van der Waals surface area contributed by atoms with E-state index in [1.54, 1.807) is 24.1 Å². The van der Waals surface area contributed by atoms with Crippen LogP contribution in [0.25, 0.3) is 0 Å². The molecule has 0 spiro atoms. The van der Waals surface area contributed by atoms with Crippen LogP contribution in [0.4, 0.5) is 0 Å². The fourth-order valence-corrected chi connectivity index (χ4v) is 7.27. The molecule has 2 aliphatic carbocycles. The molecule has 0 amide bonds. The van der Waals surface area contributed by atoms with Gasteiger partial charge in [-0.15, -0.1) is 0 Å². The van der Waals surface area contributed by atoms with Gasteiger partial charge in [-0.3, -0.25) is 0 Å². The maximum absolute atomic E-state index is 12.0. The minimum atomic E-state index is -1.08. The van der Waals surface area contributed by atoms with Gasteiger partial charge in [-0.2, -0.15) is 0 Å². The van der Waals surface area contributed by atoms with Gasteiger partial charge in [-0.1, -0.05) is 51.4 Å². The van der Waals surface area contributed by atoms with Crippen molar-refractivity contribution in [1.29, 1.82) is 0 Å². The molecule has 2 aliphatic rings. The van der Waals surface area contributed by atoms with Crippen molar-refractivity contribution in [2.24, 2.45) is 0 Å². The normalized spacial score (nSPS) is 21.4. The van der Waals surface area contributed by atoms with Crippen molar-refractivity contribution < 1.29 is 11.5 Å². The van der Waals surface area contributed by atoms with Gasteiger partial charge >= 0.3 is 0 Å². The Labute approximate surface area is 170 Å². The summed E-state index contributed by atoms with van der Waals surface area (Å²) < 4.78 is 23.1. The average molecular weight is 427 g/mol. The Bertz CT molecular complexity index is 345. The van der Waals surface area contributed by atoms with Gasteiger partial charge in [0.05, 0.1) is 5.25 Å². The van der Waals surface area contributed by atoms with Gasteiger partial charge in [0.25, 0.3) is 0 Å². The lowest BCUT2D eigenvalue weighted by molar-refractivity contribution is 0.484. The number of rotatable bonds is 13. The van der Waals surface area contributed by atoms with Crippen LogP contribution in [0.5, 0.6) is 0 Å². The third kappa shape index (κ3) is 10.9. The Kier molecular flexibility index (Phi) is 13.5. The average Bonchev–Trinajstić information content (AvgIpc) is 2.67. The van der Waals surface area contributed by atoms with E-state index < -0.39 is 11.1 Å². The van der Waals surface area contributed by atoms with Crippen molar-refractivity contribution in [3.63, 3.8) is 0 Å². The van der Waals surface area contributed by atoms with Gasteiger partial charge in [0.1, 0.15) is 0 Å². The van der Waals surface area contributed by atoms with Crippen molar-refractivity contribution in [2.75, 3.05) is 11.5 Å². The highest BCUT2D eigenvalue weighted by molar-refractivity contribution is 8.08. The first-order chi connectivity index (χ1) is 12.4. The summed E-state index contributed by atoms with van der Waals surface area (Å²) in [6, 6.07) is 0. The summed E-state index contributed by atoms with van der Waals surface area (Å²) in [6.45, 7) is 0. The van der Waals surface area contributed by atoms with Crippen LogP contribution < -0.4 is 0 Å². The van der Waals surface area contributed by atoms with Gasteiger partial charge in [-0.25, -0.2) is 11.5 Å². The quantitative estimate of drug-likeness (QED) is 0.237. The molecule has 25 heavy (non-hydrogen) atoms. The van der Waals surface area contributed by atoms with E-state index >= 15 is 0 Å². The van der Waals surface area contributed by atoms with Crippen LogP contribution in [0.3, 0.4) is 0 Å². The fourth-order valence-electron chi connectivity index (χ4n) is 3.35. The zero-order valence-electron chi connectivity index (χ0n) is 15.3. The van der Waals surface area contributed by atoms with Crippen molar-refractivity contribution in [1.82, 2.24) is 0 Å². The second kappa shape index (κ2) is 15.1. The molecule has 0 radical (unpaired) electrons.